The summed E-state index contributed by atoms with van der Waals surface area (Å²) in [6.07, 6.45) is 1.05. The van der Waals surface area contributed by atoms with Crippen molar-refractivity contribution in [2.24, 2.45) is 5.73 Å². The molecule has 0 radical (unpaired) electrons. The van der Waals surface area contributed by atoms with Crippen LogP contribution in [0.25, 0.3) is 0 Å². The first-order valence-corrected chi connectivity index (χ1v) is 7.70. The van der Waals surface area contributed by atoms with Crippen molar-refractivity contribution in [3.05, 3.63) is 39.8 Å². The SMILES string of the molecule is Cc1ncc(C(O)C(CN)c2ccc3c(c2)OCCO3)s1. The second-order valence-corrected chi connectivity index (χ2v) is 6.24. The zero-order valence-electron chi connectivity index (χ0n) is 11.8. The van der Waals surface area contributed by atoms with Gasteiger partial charge in [-0.25, -0.2) is 4.98 Å². The minimum atomic E-state index is -0.663. The molecule has 0 spiro atoms. The number of nitrogens with zero attached hydrogens (tertiary/aromatic N) is 1. The van der Waals surface area contributed by atoms with Gasteiger partial charge in [-0.1, -0.05) is 6.07 Å². The molecule has 1 aliphatic heterocycles. The van der Waals surface area contributed by atoms with Gasteiger partial charge in [0.2, 0.25) is 0 Å². The second-order valence-electron chi connectivity index (χ2n) is 4.97. The van der Waals surface area contributed by atoms with E-state index in [-0.39, 0.29) is 5.92 Å². The zero-order chi connectivity index (χ0) is 14.8. The molecule has 0 saturated heterocycles. The molecule has 112 valence electrons. The molecule has 0 fully saturated rings. The lowest BCUT2D eigenvalue weighted by atomic mass is 9.92. The summed E-state index contributed by atoms with van der Waals surface area (Å²) in [4.78, 5) is 5.02. The van der Waals surface area contributed by atoms with Crippen LogP contribution in [0.1, 0.15) is 27.5 Å². The number of fused-ring (bicyclic) bond motifs is 1. The molecule has 5 nitrogen and oxygen atoms in total. The van der Waals surface area contributed by atoms with Gasteiger partial charge in [0.1, 0.15) is 13.2 Å². The Bertz CT molecular complexity index is 629. The van der Waals surface area contributed by atoms with E-state index in [1.165, 1.54) is 11.3 Å². The molecule has 0 amide bonds. The smallest absolute Gasteiger partial charge is 0.161 e. The van der Waals surface area contributed by atoms with Crippen LogP contribution >= 0.6 is 11.3 Å². The Morgan fingerprint density at radius 1 is 1.33 bits per heavy atom. The molecule has 1 aromatic carbocycles. The molecule has 0 saturated carbocycles. The highest BCUT2D eigenvalue weighted by Gasteiger charge is 2.25. The number of hydrogen-bond acceptors (Lipinski definition) is 6. The van der Waals surface area contributed by atoms with E-state index < -0.39 is 6.10 Å². The number of hydrogen-bond donors (Lipinski definition) is 2. The Kier molecular flexibility index (Phi) is 4.10. The molecule has 6 heteroatoms. The van der Waals surface area contributed by atoms with E-state index in [2.05, 4.69) is 4.98 Å². The van der Waals surface area contributed by atoms with Gasteiger partial charge in [-0.2, -0.15) is 0 Å². The lowest BCUT2D eigenvalue weighted by Gasteiger charge is -2.24. The van der Waals surface area contributed by atoms with Crippen LogP contribution in [0.2, 0.25) is 0 Å². The number of rotatable bonds is 4. The maximum absolute atomic E-state index is 10.6. The monoisotopic (exact) mass is 306 g/mol. The predicted molar refractivity (Wildman–Crippen MR) is 81.0 cm³/mol. The molecule has 2 aromatic rings. The van der Waals surface area contributed by atoms with Crippen LogP contribution in [-0.4, -0.2) is 29.8 Å². The zero-order valence-corrected chi connectivity index (χ0v) is 12.6. The average molecular weight is 306 g/mol. The molecular weight excluding hydrogens is 288 g/mol. The van der Waals surface area contributed by atoms with Gasteiger partial charge in [0, 0.05) is 18.7 Å². The van der Waals surface area contributed by atoms with Crippen LogP contribution in [0.5, 0.6) is 11.5 Å². The minimum Gasteiger partial charge on any atom is -0.486 e. The summed E-state index contributed by atoms with van der Waals surface area (Å²) in [5.41, 5.74) is 6.82. The van der Waals surface area contributed by atoms with Crippen LogP contribution in [0.3, 0.4) is 0 Å². The molecule has 0 aliphatic carbocycles. The first-order chi connectivity index (χ1) is 10.2. The molecule has 0 bridgehead atoms. The highest BCUT2D eigenvalue weighted by atomic mass is 32.1. The van der Waals surface area contributed by atoms with E-state index in [1.54, 1.807) is 6.20 Å². The number of thiazole rings is 1. The summed E-state index contributed by atoms with van der Waals surface area (Å²) in [6.45, 7) is 3.37. The van der Waals surface area contributed by atoms with Crippen molar-refractivity contribution >= 4 is 11.3 Å². The number of benzene rings is 1. The van der Waals surface area contributed by atoms with Crippen LogP contribution in [0, 0.1) is 6.92 Å². The third-order valence-electron chi connectivity index (χ3n) is 3.56. The Hall–Kier alpha value is -1.63. The molecule has 1 aromatic heterocycles. The van der Waals surface area contributed by atoms with Crippen molar-refractivity contribution in [1.82, 2.24) is 4.98 Å². The summed E-state index contributed by atoms with van der Waals surface area (Å²) in [5.74, 6) is 1.26. The average Bonchev–Trinajstić information content (AvgIpc) is 2.94. The van der Waals surface area contributed by atoms with Crippen molar-refractivity contribution in [3.63, 3.8) is 0 Å². The summed E-state index contributed by atoms with van der Waals surface area (Å²) in [7, 11) is 0. The van der Waals surface area contributed by atoms with E-state index in [0.29, 0.717) is 25.5 Å². The standard InChI is InChI=1S/C15H18N2O3S/c1-9-17-8-14(21-9)15(18)11(7-16)10-2-3-12-13(6-10)20-5-4-19-12/h2-3,6,8,11,15,18H,4-5,7,16H2,1H3. The lowest BCUT2D eigenvalue weighted by Crippen LogP contribution is -2.20. The van der Waals surface area contributed by atoms with Gasteiger partial charge >= 0.3 is 0 Å². The van der Waals surface area contributed by atoms with E-state index in [9.17, 15) is 5.11 Å². The summed E-state index contributed by atoms with van der Waals surface area (Å²) >= 11 is 1.49. The third kappa shape index (κ3) is 2.88. The topological polar surface area (TPSA) is 77.6 Å². The van der Waals surface area contributed by atoms with Gasteiger partial charge in [0.05, 0.1) is 16.0 Å². The van der Waals surface area contributed by atoms with E-state index in [1.807, 2.05) is 25.1 Å². The van der Waals surface area contributed by atoms with Crippen LogP contribution < -0.4 is 15.2 Å². The maximum atomic E-state index is 10.6. The van der Waals surface area contributed by atoms with Crippen LogP contribution in [0.4, 0.5) is 0 Å². The van der Waals surface area contributed by atoms with Gasteiger partial charge < -0.3 is 20.3 Å². The fourth-order valence-electron chi connectivity index (χ4n) is 2.45. The van der Waals surface area contributed by atoms with Gasteiger partial charge in [0.25, 0.3) is 0 Å². The minimum absolute atomic E-state index is 0.194. The molecule has 3 rings (SSSR count). The van der Waals surface area contributed by atoms with Crippen LogP contribution in [0.15, 0.2) is 24.4 Å². The summed E-state index contributed by atoms with van der Waals surface area (Å²) < 4.78 is 11.1. The normalized spacial score (nSPS) is 16.5. The van der Waals surface area contributed by atoms with Crippen molar-refractivity contribution in [1.29, 1.82) is 0 Å². The number of aliphatic hydroxyl groups excluding tert-OH is 1. The second kappa shape index (κ2) is 6.01. The number of nitrogens with two attached hydrogens (primary N) is 1. The molecule has 21 heavy (non-hydrogen) atoms. The van der Waals surface area contributed by atoms with Gasteiger partial charge in [-0.3, -0.25) is 0 Å². The first kappa shape index (κ1) is 14.3. The largest absolute Gasteiger partial charge is 0.486 e. The Morgan fingerprint density at radius 3 is 2.76 bits per heavy atom. The Balaban J connectivity index is 1.89. The molecule has 3 N–H and O–H groups in total. The van der Waals surface area contributed by atoms with Gasteiger partial charge in [0.15, 0.2) is 11.5 Å². The van der Waals surface area contributed by atoms with E-state index in [4.69, 9.17) is 15.2 Å². The maximum Gasteiger partial charge on any atom is 0.161 e. The van der Waals surface area contributed by atoms with Crippen molar-refractivity contribution in [2.75, 3.05) is 19.8 Å². The highest BCUT2D eigenvalue weighted by Crippen LogP contribution is 2.38. The molecule has 1 aliphatic rings. The number of aliphatic hydroxyl groups is 1. The van der Waals surface area contributed by atoms with Crippen molar-refractivity contribution < 1.29 is 14.6 Å². The summed E-state index contributed by atoms with van der Waals surface area (Å²) in [5, 5.41) is 11.5. The fraction of sp³-hybridized carbons (Fsp3) is 0.400. The Labute approximate surface area is 127 Å². The van der Waals surface area contributed by atoms with Gasteiger partial charge in [-0.05, 0) is 24.6 Å². The van der Waals surface area contributed by atoms with Crippen LogP contribution in [-0.2, 0) is 0 Å². The molecule has 2 unspecified atom stereocenters. The highest BCUT2D eigenvalue weighted by molar-refractivity contribution is 7.11. The third-order valence-corrected chi connectivity index (χ3v) is 4.54. The van der Waals surface area contributed by atoms with Gasteiger partial charge in [-0.15, -0.1) is 11.3 Å². The number of ether oxygens (including phenoxy) is 2. The van der Waals surface area contributed by atoms with E-state index >= 15 is 0 Å². The molecule has 2 heterocycles. The van der Waals surface area contributed by atoms with Crippen molar-refractivity contribution in [3.8, 4) is 11.5 Å². The Morgan fingerprint density at radius 2 is 2.10 bits per heavy atom. The number of aryl methyl sites for hydroxylation is 1. The lowest BCUT2D eigenvalue weighted by molar-refractivity contribution is 0.149. The quantitative estimate of drug-likeness (QED) is 0.903. The number of aromatic nitrogens is 1. The van der Waals surface area contributed by atoms with Crippen molar-refractivity contribution in [2.45, 2.75) is 18.9 Å². The molecule has 2 atom stereocenters. The molecular formula is C15H18N2O3S. The predicted octanol–water partition coefficient (Wildman–Crippen LogP) is 2.00. The first-order valence-electron chi connectivity index (χ1n) is 6.89. The van der Waals surface area contributed by atoms with E-state index in [0.717, 1.165) is 21.2 Å². The fourth-order valence-corrected chi connectivity index (χ4v) is 3.29. The summed E-state index contributed by atoms with van der Waals surface area (Å²) in [6, 6.07) is 5.71.